The highest BCUT2D eigenvalue weighted by atomic mass is 35.5. The molecule has 0 amide bonds. The lowest BCUT2D eigenvalue weighted by Gasteiger charge is -2.10. The lowest BCUT2D eigenvalue weighted by molar-refractivity contribution is -0.139. The molecule has 2 rings (SSSR count). The molecule has 0 aliphatic carbocycles. The van der Waals surface area contributed by atoms with E-state index in [-0.39, 0.29) is 22.1 Å². The number of nitrogens with zero attached hydrogens (tertiary/aromatic N) is 1. The second kappa shape index (κ2) is 4.73. The maximum Gasteiger partial charge on any atom is 0.352 e. The highest BCUT2D eigenvalue weighted by Crippen LogP contribution is 2.38. The van der Waals surface area contributed by atoms with E-state index in [1.807, 2.05) is 0 Å². The molecule has 3 nitrogen and oxygen atoms in total. The van der Waals surface area contributed by atoms with Crippen molar-refractivity contribution in [1.82, 2.24) is 5.16 Å². The summed E-state index contributed by atoms with van der Waals surface area (Å²) in [4.78, 5) is 0. The molecular formula is C11H6ClF4NO2. The summed E-state index contributed by atoms with van der Waals surface area (Å²) in [5.41, 5.74) is -1.23. The van der Waals surface area contributed by atoms with Crippen molar-refractivity contribution in [2.75, 3.05) is 0 Å². The molecule has 2 aromatic rings. The Bertz CT molecular complexity index is 600. The van der Waals surface area contributed by atoms with Gasteiger partial charge in [-0.25, -0.2) is 8.78 Å². The van der Waals surface area contributed by atoms with E-state index >= 15 is 0 Å². The first-order valence-corrected chi connectivity index (χ1v) is 5.32. The first-order chi connectivity index (χ1) is 8.82. The van der Waals surface area contributed by atoms with E-state index < -0.39 is 18.0 Å². The van der Waals surface area contributed by atoms with Gasteiger partial charge in [0.2, 0.25) is 0 Å². The lowest BCUT2D eigenvalue weighted by Crippen LogP contribution is -2.23. The minimum atomic E-state index is -4.42. The summed E-state index contributed by atoms with van der Waals surface area (Å²) in [5.74, 6) is -5.00. The van der Waals surface area contributed by atoms with Crippen LogP contribution in [0.2, 0.25) is 5.02 Å². The SMILES string of the molecule is Oc1ccc(Cl)cc1-c1cc(C(F)(F)C(F)F)no1. The molecule has 0 radical (unpaired) electrons. The smallest absolute Gasteiger partial charge is 0.352 e. The fraction of sp³-hybridized carbons (Fsp3) is 0.182. The first-order valence-electron chi connectivity index (χ1n) is 4.94. The number of hydrogen-bond acceptors (Lipinski definition) is 3. The van der Waals surface area contributed by atoms with Crippen LogP contribution in [0.1, 0.15) is 5.69 Å². The standard InChI is InChI=1S/C11H6ClF4NO2/c12-5-1-2-7(18)6(3-5)8-4-9(17-19-8)11(15,16)10(13)14/h1-4,10,18H. The Balaban J connectivity index is 2.44. The molecule has 1 aromatic carbocycles. The summed E-state index contributed by atoms with van der Waals surface area (Å²) in [5, 5.41) is 12.6. The van der Waals surface area contributed by atoms with Crippen LogP contribution in [0.3, 0.4) is 0 Å². The zero-order valence-corrected chi connectivity index (χ0v) is 9.84. The van der Waals surface area contributed by atoms with E-state index in [2.05, 4.69) is 9.68 Å². The molecule has 1 heterocycles. The molecule has 0 atom stereocenters. The lowest BCUT2D eigenvalue weighted by atomic mass is 10.1. The van der Waals surface area contributed by atoms with Gasteiger partial charge in [-0.15, -0.1) is 0 Å². The Morgan fingerprint density at radius 1 is 1.26 bits per heavy atom. The second-order valence-corrected chi connectivity index (χ2v) is 4.10. The molecule has 0 aliphatic heterocycles. The highest BCUT2D eigenvalue weighted by Gasteiger charge is 2.46. The van der Waals surface area contributed by atoms with Crippen molar-refractivity contribution < 1.29 is 27.2 Å². The first kappa shape index (κ1) is 13.7. The average molecular weight is 296 g/mol. The van der Waals surface area contributed by atoms with Crippen LogP contribution in [-0.2, 0) is 5.92 Å². The van der Waals surface area contributed by atoms with E-state index in [0.29, 0.717) is 6.07 Å². The number of alkyl halides is 4. The van der Waals surface area contributed by atoms with Crippen molar-refractivity contribution >= 4 is 11.6 Å². The summed E-state index contributed by atoms with van der Waals surface area (Å²) in [7, 11) is 0. The summed E-state index contributed by atoms with van der Waals surface area (Å²) in [6, 6.07) is 4.45. The van der Waals surface area contributed by atoms with Crippen molar-refractivity contribution in [2.45, 2.75) is 12.3 Å². The topological polar surface area (TPSA) is 46.3 Å². The molecule has 0 saturated carbocycles. The number of aromatic nitrogens is 1. The summed E-state index contributed by atoms with van der Waals surface area (Å²) < 4.78 is 54.9. The van der Waals surface area contributed by atoms with Gasteiger partial charge in [-0.1, -0.05) is 16.8 Å². The van der Waals surface area contributed by atoms with Crippen LogP contribution >= 0.6 is 11.6 Å². The van der Waals surface area contributed by atoms with E-state index in [0.717, 1.165) is 0 Å². The Morgan fingerprint density at radius 2 is 1.95 bits per heavy atom. The fourth-order valence-electron chi connectivity index (χ4n) is 1.38. The van der Waals surface area contributed by atoms with Gasteiger partial charge >= 0.3 is 12.3 Å². The molecule has 19 heavy (non-hydrogen) atoms. The minimum Gasteiger partial charge on any atom is -0.507 e. The third-order valence-corrected chi connectivity index (χ3v) is 2.58. The zero-order valence-electron chi connectivity index (χ0n) is 9.08. The van der Waals surface area contributed by atoms with Crippen LogP contribution in [-0.4, -0.2) is 16.7 Å². The number of halogens is 5. The van der Waals surface area contributed by atoms with Gasteiger partial charge in [0.05, 0.1) is 5.56 Å². The van der Waals surface area contributed by atoms with Gasteiger partial charge in [-0.3, -0.25) is 0 Å². The van der Waals surface area contributed by atoms with Gasteiger partial charge < -0.3 is 9.63 Å². The van der Waals surface area contributed by atoms with Crippen molar-refractivity contribution in [2.24, 2.45) is 0 Å². The highest BCUT2D eigenvalue weighted by molar-refractivity contribution is 6.30. The van der Waals surface area contributed by atoms with Crippen molar-refractivity contribution in [3.05, 3.63) is 35.0 Å². The zero-order chi connectivity index (χ0) is 14.2. The molecule has 0 unspecified atom stereocenters. The predicted molar refractivity (Wildman–Crippen MR) is 58.5 cm³/mol. The molecule has 0 saturated heterocycles. The van der Waals surface area contributed by atoms with Crippen molar-refractivity contribution in [1.29, 1.82) is 0 Å². The molecule has 1 aromatic heterocycles. The Kier molecular flexibility index (Phi) is 3.40. The maximum absolute atomic E-state index is 13.0. The normalized spacial score (nSPS) is 12.1. The second-order valence-electron chi connectivity index (χ2n) is 3.66. The van der Waals surface area contributed by atoms with E-state index in [1.54, 1.807) is 0 Å². The fourth-order valence-corrected chi connectivity index (χ4v) is 1.55. The van der Waals surface area contributed by atoms with Crippen LogP contribution in [0, 0.1) is 0 Å². The predicted octanol–water partition coefficient (Wildman–Crippen LogP) is 4.06. The maximum atomic E-state index is 13.0. The van der Waals surface area contributed by atoms with Gasteiger partial charge in [0.1, 0.15) is 5.75 Å². The number of hydrogen-bond donors (Lipinski definition) is 1. The van der Waals surface area contributed by atoms with Gasteiger partial charge in [0.25, 0.3) is 0 Å². The Labute approximate surface area is 109 Å². The third kappa shape index (κ3) is 2.51. The van der Waals surface area contributed by atoms with Gasteiger partial charge in [-0.2, -0.15) is 8.78 Å². The summed E-state index contributed by atoms with van der Waals surface area (Å²) >= 11 is 5.67. The molecular weight excluding hydrogens is 290 g/mol. The van der Waals surface area contributed by atoms with Gasteiger partial charge in [0.15, 0.2) is 11.5 Å². The monoisotopic (exact) mass is 295 g/mol. The quantitative estimate of drug-likeness (QED) is 0.869. The number of phenolic OH excluding ortho intramolecular Hbond substituents is 1. The largest absolute Gasteiger partial charge is 0.507 e. The molecule has 0 aliphatic rings. The molecule has 1 N–H and O–H groups in total. The number of aromatic hydroxyl groups is 1. The molecule has 0 bridgehead atoms. The van der Waals surface area contributed by atoms with Crippen LogP contribution in [0.25, 0.3) is 11.3 Å². The Morgan fingerprint density at radius 3 is 2.58 bits per heavy atom. The summed E-state index contributed by atoms with van der Waals surface area (Å²) in [6.45, 7) is 0. The minimum absolute atomic E-state index is 0.0173. The van der Waals surface area contributed by atoms with E-state index in [9.17, 15) is 22.7 Å². The van der Waals surface area contributed by atoms with Crippen LogP contribution in [0.15, 0.2) is 28.8 Å². The summed E-state index contributed by atoms with van der Waals surface area (Å²) in [6.07, 6.45) is -3.90. The molecule has 0 fully saturated rings. The van der Waals surface area contributed by atoms with Crippen molar-refractivity contribution in [3.8, 4) is 17.1 Å². The molecule has 102 valence electrons. The van der Waals surface area contributed by atoms with Crippen molar-refractivity contribution in [3.63, 3.8) is 0 Å². The third-order valence-electron chi connectivity index (χ3n) is 2.35. The molecule has 8 heteroatoms. The van der Waals surface area contributed by atoms with E-state index in [4.69, 9.17) is 11.6 Å². The average Bonchev–Trinajstić information content (AvgIpc) is 2.82. The van der Waals surface area contributed by atoms with Gasteiger partial charge in [-0.05, 0) is 18.2 Å². The van der Waals surface area contributed by atoms with Crippen LogP contribution in [0.5, 0.6) is 5.75 Å². The Hall–Kier alpha value is -1.76. The van der Waals surface area contributed by atoms with Crippen LogP contribution in [0.4, 0.5) is 17.6 Å². The van der Waals surface area contributed by atoms with Crippen LogP contribution < -0.4 is 0 Å². The number of phenols is 1. The van der Waals surface area contributed by atoms with E-state index in [1.165, 1.54) is 18.2 Å². The molecule has 0 spiro atoms. The number of rotatable bonds is 3. The van der Waals surface area contributed by atoms with Gasteiger partial charge in [0, 0.05) is 11.1 Å². The number of benzene rings is 1.